The van der Waals surface area contributed by atoms with E-state index in [1.165, 1.54) is 24.3 Å². The summed E-state index contributed by atoms with van der Waals surface area (Å²) in [5.74, 6) is -0.760. The molecule has 0 spiro atoms. The first kappa shape index (κ1) is 19.3. The largest absolute Gasteiger partial charge is 0.573 e. The molecular weight excluding hydrogens is 357 g/mol. The lowest BCUT2D eigenvalue weighted by atomic mass is 9.98. The summed E-state index contributed by atoms with van der Waals surface area (Å²) in [7, 11) is 0. The molecule has 1 aliphatic heterocycles. The Morgan fingerprint density at radius 2 is 2.04 bits per heavy atom. The van der Waals surface area contributed by atoms with Crippen LogP contribution in [0.25, 0.3) is 0 Å². The fourth-order valence-electron chi connectivity index (χ4n) is 2.56. The number of hydrogen-bond acceptors (Lipinski definition) is 4. The summed E-state index contributed by atoms with van der Waals surface area (Å²) < 4.78 is 45.3. The zero-order valence-corrected chi connectivity index (χ0v) is 14.5. The maximum atomic E-state index is 12.1. The Kier molecular flexibility index (Phi) is 6.46. The normalized spacial score (nSPS) is 17.8. The number of ether oxygens (including phenoxy) is 2. The van der Waals surface area contributed by atoms with Gasteiger partial charge in [-0.1, -0.05) is 0 Å². The maximum absolute atomic E-state index is 12.1. The topological polar surface area (TPSA) is 50.8 Å². The van der Waals surface area contributed by atoms with Gasteiger partial charge in [0, 0.05) is 18.8 Å². The molecule has 2 rings (SSSR count). The van der Waals surface area contributed by atoms with E-state index in [0.29, 0.717) is 30.5 Å². The number of nitrogens with zero attached hydrogens (tertiary/aromatic N) is 1. The van der Waals surface area contributed by atoms with Crippen molar-refractivity contribution in [3.05, 3.63) is 24.3 Å². The lowest BCUT2D eigenvalue weighted by Crippen LogP contribution is -2.44. The van der Waals surface area contributed by atoms with E-state index in [2.05, 4.69) is 10.1 Å². The van der Waals surface area contributed by atoms with Gasteiger partial charge in [0.15, 0.2) is 5.11 Å². The van der Waals surface area contributed by atoms with Gasteiger partial charge in [-0.2, -0.15) is 0 Å². The van der Waals surface area contributed by atoms with Crippen LogP contribution in [0.1, 0.15) is 19.8 Å². The van der Waals surface area contributed by atoms with Gasteiger partial charge >= 0.3 is 12.3 Å². The van der Waals surface area contributed by atoms with E-state index in [1.807, 2.05) is 4.90 Å². The van der Waals surface area contributed by atoms with E-state index >= 15 is 0 Å². The van der Waals surface area contributed by atoms with Crippen LogP contribution in [0, 0.1) is 5.92 Å². The highest BCUT2D eigenvalue weighted by Gasteiger charge is 2.31. The van der Waals surface area contributed by atoms with Crippen LogP contribution in [0.3, 0.4) is 0 Å². The fourth-order valence-corrected chi connectivity index (χ4v) is 2.84. The molecule has 0 amide bonds. The molecule has 25 heavy (non-hydrogen) atoms. The van der Waals surface area contributed by atoms with Crippen LogP contribution in [-0.2, 0) is 9.53 Å². The molecule has 1 aliphatic rings. The van der Waals surface area contributed by atoms with Gasteiger partial charge in [0.1, 0.15) is 5.75 Å². The minimum atomic E-state index is -4.72. The predicted molar refractivity (Wildman–Crippen MR) is 90.3 cm³/mol. The minimum absolute atomic E-state index is 0.226. The highest BCUT2D eigenvalue weighted by Crippen LogP contribution is 2.24. The van der Waals surface area contributed by atoms with E-state index in [-0.39, 0.29) is 17.6 Å². The van der Waals surface area contributed by atoms with Crippen molar-refractivity contribution in [2.75, 3.05) is 25.0 Å². The van der Waals surface area contributed by atoms with Gasteiger partial charge in [-0.05, 0) is 56.2 Å². The lowest BCUT2D eigenvalue weighted by molar-refractivity contribution is -0.274. The monoisotopic (exact) mass is 376 g/mol. The van der Waals surface area contributed by atoms with Crippen LogP contribution >= 0.6 is 12.2 Å². The van der Waals surface area contributed by atoms with Gasteiger partial charge in [0.2, 0.25) is 0 Å². The number of nitrogens with one attached hydrogen (secondary N) is 1. The highest BCUT2D eigenvalue weighted by atomic mass is 32.1. The molecule has 0 aliphatic carbocycles. The summed E-state index contributed by atoms with van der Waals surface area (Å²) in [6, 6.07) is 5.30. The summed E-state index contributed by atoms with van der Waals surface area (Å²) in [6.07, 6.45) is -3.16. The second-order valence-electron chi connectivity index (χ2n) is 5.54. The molecule has 9 heteroatoms. The van der Waals surface area contributed by atoms with Gasteiger partial charge in [-0.15, -0.1) is 13.2 Å². The number of carbonyl (C=O) groups is 1. The van der Waals surface area contributed by atoms with Crippen molar-refractivity contribution in [1.82, 2.24) is 4.90 Å². The van der Waals surface area contributed by atoms with E-state index in [0.717, 1.165) is 12.8 Å². The summed E-state index contributed by atoms with van der Waals surface area (Å²) in [6.45, 7) is 3.26. The molecule has 1 aromatic carbocycles. The Bertz CT molecular complexity index is 608. The van der Waals surface area contributed by atoms with Crippen molar-refractivity contribution in [3.63, 3.8) is 0 Å². The van der Waals surface area contributed by atoms with Crippen molar-refractivity contribution in [2.45, 2.75) is 26.1 Å². The number of thiocarbonyl (C=S) groups is 1. The molecular formula is C16H19F3N2O3S. The Labute approximate surface area is 149 Å². The van der Waals surface area contributed by atoms with E-state index in [4.69, 9.17) is 17.0 Å². The molecule has 1 fully saturated rings. The third-order valence-corrected chi connectivity index (χ3v) is 4.03. The number of carbonyl (C=O) groups excluding carboxylic acids is 1. The average molecular weight is 376 g/mol. The quantitative estimate of drug-likeness (QED) is 0.641. The number of alkyl halides is 3. The van der Waals surface area contributed by atoms with Crippen LogP contribution < -0.4 is 10.1 Å². The number of likely N-dealkylation sites (tertiary alicyclic amines) is 1. The van der Waals surface area contributed by atoms with Gasteiger partial charge < -0.3 is 19.7 Å². The van der Waals surface area contributed by atoms with Crippen molar-refractivity contribution in [1.29, 1.82) is 0 Å². The zero-order valence-electron chi connectivity index (χ0n) is 13.6. The van der Waals surface area contributed by atoms with Crippen LogP contribution in [0.5, 0.6) is 5.75 Å². The number of halogens is 3. The molecule has 1 N–H and O–H groups in total. The summed E-state index contributed by atoms with van der Waals surface area (Å²) >= 11 is 5.33. The van der Waals surface area contributed by atoms with E-state index in [1.54, 1.807) is 6.92 Å². The molecule has 0 saturated carbocycles. The molecule has 1 heterocycles. The molecule has 1 aromatic rings. The van der Waals surface area contributed by atoms with Crippen molar-refractivity contribution in [3.8, 4) is 5.75 Å². The van der Waals surface area contributed by atoms with Crippen molar-refractivity contribution >= 4 is 29.0 Å². The average Bonchev–Trinajstić information content (AvgIpc) is 2.55. The minimum Gasteiger partial charge on any atom is -0.466 e. The molecule has 0 bridgehead atoms. The van der Waals surface area contributed by atoms with Crippen LogP contribution in [0.2, 0.25) is 0 Å². The number of piperidine rings is 1. The second kappa shape index (κ2) is 8.37. The predicted octanol–water partition coefficient (Wildman–Crippen LogP) is 3.56. The van der Waals surface area contributed by atoms with Crippen molar-refractivity contribution in [2.24, 2.45) is 5.92 Å². The third-order valence-electron chi connectivity index (χ3n) is 3.67. The zero-order chi connectivity index (χ0) is 18.4. The molecule has 1 saturated heterocycles. The molecule has 0 aromatic heterocycles. The van der Waals surface area contributed by atoms with Gasteiger partial charge in [0.25, 0.3) is 0 Å². The number of hydrogen-bond donors (Lipinski definition) is 1. The van der Waals surface area contributed by atoms with Crippen LogP contribution in [-0.4, -0.2) is 42.0 Å². The van der Waals surface area contributed by atoms with Crippen LogP contribution in [0.15, 0.2) is 24.3 Å². The third kappa shape index (κ3) is 6.08. The molecule has 138 valence electrons. The second-order valence-corrected chi connectivity index (χ2v) is 5.93. The van der Waals surface area contributed by atoms with Crippen LogP contribution in [0.4, 0.5) is 18.9 Å². The van der Waals surface area contributed by atoms with Gasteiger partial charge in [0.05, 0.1) is 12.5 Å². The first-order valence-electron chi connectivity index (χ1n) is 7.87. The summed E-state index contributed by atoms with van der Waals surface area (Å²) in [5.41, 5.74) is 0.540. The first-order chi connectivity index (χ1) is 11.8. The maximum Gasteiger partial charge on any atom is 0.573 e. The molecule has 0 unspecified atom stereocenters. The first-order valence-corrected chi connectivity index (χ1v) is 8.27. The summed E-state index contributed by atoms with van der Waals surface area (Å²) in [4.78, 5) is 13.7. The van der Waals surface area contributed by atoms with Gasteiger partial charge in [-0.25, -0.2) is 0 Å². The Morgan fingerprint density at radius 3 is 2.64 bits per heavy atom. The lowest BCUT2D eigenvalue weighted by Gasteiger charge is -2.33. The SMILES string of the molecule is CCOC(=O)[C@@H]1CCCN(C(=S)Nc2ccc(OC(F)(F)F)cc2)C1. The van der Waals surface area contributed by atoms with E-state index in [9.17, 15) is 18.0 Å². The number of esters is 1. The Morgan fingerprint density at radius 1 is 1.36 bits per heavy atom. The molecule has 5 nitrogen and oxygen atoms in total. The van der Waals surface area contributed by atoms with Gasteiger partial charge in [-0.3, -0.25) is 4.79 Å². The fraction of sp³-hybridized carbons (Fsp3) is 0.500. The Hall–Kier alpha value is -2.03. The summed E-state index contributed by atoms with van der Waals surface area (Å²) in [5, 5.41) is 3.38. The standard InChI is InChI=1S/C16H19F3N2O3S/c1-2-23-14(22)11-4-3-9-21(10-11)15(25)20-12-5-7-13(8-6-12)24-16(17,18)19/h5-8,11H,2-4,9-10H2,1H3,(H,20,25)/t11-/m1/s1. The number of benzene rings is 1. The smallest absolute Gasteiger partial charge is 0.466 e. The van der Waals surface area contributed by atoms with Crippen molar-refractivity contribution < 1.29 is 27.4 Å². The Balaban J connectivity index is 1.91. The highest BCUT2D eigenvalue weighted by molar-refractivity contribution is 7.80. The molecule has 1 atom stereocenters. The molecule has 0 radical (unpaired) electrons. The van der Waals surface area contributed by atoms with E-state index < -0.39 is 6.36 Å². The number of anilines is 1. The number of rotatable bonds is 4.